The van der Waals surface area contributed by atoms with Crippen molar-refractivity contribution in [3.05, 3.63) is 37.0 Å². The van der Waals surface area contributed by atoms with Crippen LogP contribution < -0.4 is 0 Å². The van der Waals surface area contributed by atoms with E-state index in [0.29, 0.717) is 0 Å². The molecule has 0 aromatic heterocycles. The first kappa shape index (κ1) is 13.3. The van der Waals surface area contributed by atoms with Crippen LogP contribution in [-0.4, -0.2) is 19.3 Å². The van der Waals surface area contributed by atoms with Gasteiger partial charge in [-0.25, -0.2) is 9.74 Å². The van der Waals surface area contributed by atoms with Gasteiger partial charge in [0.2, 0.25) is 10.3 Å². The van der Waals surface area contributed by atoms with E-state index in [2.05, 4.69) is 24.7 Å². The van der Waals surface area contributed by atoms with Crippen molar-refractivity contribution in [3.63, 3.8) is 0 Å². The van der Waals surface area contributed by atoms with Gasteiger partial charge in [0.05, 0.1) is 5.57 Å². The quantitative estimate of drug-likeness (QED) is 0.405. The Kier molecular flexibility index (Phi) is 5.25. The number of hydrogen-bond donors (Lipinski definition) is 0. The van der Waals surface area contributed by atoms with E-state index in [4.69, 9.17) is 0 Å². The molecule has 6 heteroatoms. The molecule has 0 atom stereocenters. The molecule has 4 nitrogen and oxygen atoms in total. The Bertz CT molecular complexity index is 437. The van der Waals surface area contributed by atoms with Gasteiger partial charge in [0.1, 0.15) is 4.86 Å². The highest BCUT2D eigenvalue weighted by atomic mass is 32.2. The lowest BCUT2D eigenvalue weighted by molar-refractivity contribution is -0.177. The summed E-state index contributed by atoms with van der Waals surface area (Å²) in [5.74, 6) is -1.46. The smallest absolute Gasteiger partial charge is 0.249 e. The predicted octanol–water partition coefficient (Wildman–Crippen LogP) is 1.15. The molecular weight excluding hydrogens is 223 g/mol. The molecule has 0 aliphatic carbocycles. The van der Waals surface area contributed by atoms with E-state index in [1.54, 1.807) is 0 Å². The Hall–Kier alpha value is -1.69. The summed E-state index contributed by atoms with van der Waals surface area (Å²) in [5.41, 5.74) is -0.508. The van der Waals surface area contributed by atoms with Gasteiger partial charge >= 0.3 is 5.97 Å². The summed E-state index contributed by atoms with van der Waals surface area (Å²) in [6, 6.07) is 0. The average Bonchev–Trinajstić information content (AvgIpc) is 2.16. The molecule has 0 radical (unpaired) electrons. The number of carbonyl (C=O) groups is 1. The Morgan fingerprint density at radius 2 is 1.93 bits per heavy atom. The van der Waals surface area contributed by atoms with E-state index < -0.39 is 26.7 Å². The molecular formula is C9H9FO4S. The highest BCUT2D eigenvalue weighted by Crippen LogP contribution is 2.09. The van der Waals surface area contributed by atoms with Crippen molar-refractivity contribution in [2.45, 2.75) is 6.42 Å². The Morgan fingerprint density at radius 1 is 1.40 bits per heavy atom. The fourth-order valence-corrected chi connectivity index (χ4v) is 1.44. The van der Waals surface area contributed by atoms with Gasteiger partial charge in [-0.15, -0.1) is 6.58 Å². The molecule has 0 aromatic carbocycles. The Labute approximate surface area is 87.8 Å². The van der Waals surface area contributed by atoms with Crippen LogP contribution >= 0.6 is 0 Å². The van der Waals surface area contributed by atoms with Crippen LogP contribution in [0.4, 0.5) is 4.53 Å². The second kappa shape index (κ2) is 5.92. The van der Waals surface area contributed by atoms with Crippen molar-refractivity contribution in [1.82, 2.24) is 0 Å². The second-order valence-corrected chi connectivity index (χ2v) is 3.38. The van der Waals surface area contributed by atoms with E-state index >= 15 is 0 Å². The van der Waals surface area contributed by atoms with Crippen LogP contribution in [0.2, 0.25) is 0 Å². The highest BCUT2D eigenvalue weighted by molar-refractivity contribution is 7.74. The minimum absolute atomic E-state index is 0.0914. The summed E-state index contributed by atoms with van der Waals surface area (Å²) in [7, 11) is -2.73. The third-order valence-electron chi connectivity index (χ3n) is 1.47. The van der Waals surface area contributed by atoms with Gasteiger partial charge in [0, 0.05) is 4.53 Å². The van der Waals surface area contributed by atoms with Crippen molar-refractivity contribution in [2.24, 2.45) is 0 Å². The largest absolute Gasteiger partial charge is 0.380 e. The van der Waals surface area contributed by atoms with Gasteiger partial charge in [-0.05, 0) is 12.0 Å². The third-order valence-corrected chi connectivity index (χ3v) is 2.34. The number of rotatable bonds is 5. The molecule has 0 aliphatic rings. The standard InChI is InChI=1S/C9H9FO4S/c1-4-5-6(2)8(15(12)13)7(3)9(11)14-10/h4H,1-3,5H2. The zero-order valence-electron chi connectivity index (χ0n) is 7.82. The average molecular weight is 232 g/mol. The van der Waals surface area contributed by atoms with Crippen LogP contribution in [0, 0.1) is 0 Å². The molecule has 82 valence electrons. The van der Waals surface area contributed by atoms with E-state index in [1.165, 1.54) is 6.08 Å². The van der Waals surface area contributed by atoms with Crippen LogP contribution in [-0.2, 0) is 20.0 Å². The predicted molar refractivity (Wildman–Crippen MR) is 54.2 cm³/mol. The molecule has 0 aliphatic heterocycles. The molecule has 0 spiro atoms. The Morgan fingerprint density at radius 3 is 2.27 bits per heavy atom. The molecule has 0 amide bonds. The summed E-state index contributed by atoms with van der Waals surface area (Å²) in [4.78, 5) is 13.1. The fourth-order valence-electron chi connectivity index (χ4n) is 0.838. The molecule has 15 heavy (non-hydrogen) atoms. The SMILES string of the molecule is C=CCC(=C)C(C(=C)C(=O)OF)=S(=O)=O. The van der Waals surface area contributed by atoms with Gasteiger partial charge < -0.3 is 0 Å². The van der Waals surface area contributed by atoms with Crippen molar-refractivity contribution in [3.8, 4) is 0 Å². The maximum absolute atomic E-state index is 11.5. The number of halogens is 1. The van der Waals surface area contributed by atoms with Gasteiger partial charge in [-0.3, -0.25) is 0 Å². The van der Waals surface area contributed by atoms with Gasteiger partial charge in [0.25, 0.3) is 0 Å². The fraction of sp³-hybridized carbons (Fsp3) is 0.111. The number of hydrogen-bond acceptors (Lipinski definition) is 4. The topological polar surface area (TPSA) is 60.4 Å². The monoisotopic (exact) mass is 232 g/mol. The van der Waals surface area contributed by atoms with E-state index in [-0.39, 0.29) is 12.0 Å². The Balaban J connectivity index is 5.31. The number of allylic oxidation sites excluding steroid dienone is 2. The van der Waals surface area contributed by atoms with Gasteiger partial charge in [-0.1, -0.05) is 19.2 Å². The normalized spacial score (nSPS) is 8.87. The van der Waals surface area contributed by atoms with Crippen molar-refractivity contribution in [2.75, 3.05) is 0 Å². The molecule has 0 heterocycles. The first-order valence-corrected chi connectivity index (χ1v) is 4.80. The zero-order chi connectivity index (χ0) is 12.0. The molecule has 0 fully saturated rings. The lowest BCUT2D eigenvalue weighted by Crippen LogP contribution is -2.15. The molecule has 0 saturated heterocycles. The first-order chi connectivity index (χ1) is 6.95. The number of carbonyl (C=O) groups excluding carboxylic acids is 1. The van der Waals surface area contributed by atoms with Crippen molar-refractivity contribution < 1.29 is 22.7 Å². The van der Waals surface area contributed by atoms with Crippen molar-refractivity contribution in [1.29, 1.82) is 0 Å². The van der Waals surface area contributed by atoms with Crippen LogP contribution in [0.3, 0.4) is 0 Å². The van der Waals surface area contributed by atoms with Gasteiger partial charge in [0.15, 0.2) is 0 Å². The third kappa shape index (κ3) is 3.51. The minimum Gasteiger partial charge on any atom is -0.249 e. The summed E-state index contributed by atoms with van der Waals surface area (Å²) in [5, 5.41) is 0. The van der Waals surface area contributed by atoms with Gasteiger partial charge in [-0.2, -0.15) is 8.42 Å². The summed E-state index contributed by atoms with van der Waals surface area (Å²) in [6.07, 6.45) is 1.53. The summed E-state index contributed by atoms with van der Waals surface area (Å²) >= 11 is 0. The zero-order valence-corrected chi connectivity index (χ0v) is 8.64. The van der Waals surface area contributed by atoms with Crippen LogP contribution in [0.5, 0.6) is 0 Å². The lowest BCUT2D eigenvalue weighted by atomic mass is 10.1. The second-order valence-electron chi connectivity index (χ2n) is 2.50. The van der Waals surface area contributed by atoms with Crippen molar-refractivity contribution >= 4 is 21.1 Å². The maximum Gasteiger partial charge on any atom is 0.380 e. The summed E-state index contributed by atoms with van der Waals surface area (Å²) in [6.45, 7) is 9.89. The first-order valence-electron chi connectivity index (χ1n) is 3.73. The molecule has 0 saturated carbocycles. The summed E-state index contributed by atoms with van der Waals surface area (Å²) < 4.78 is 33.0. The molecule has 0 N–H and O–H groups in total. The van der Waals surface area contributed by atoms with Crippen LogP contribution in [0.15, 0.2) is 37.0 Å². The molecule has 0 aromatic rings. The highest BCUT2D eigenvalue weighted by Gasteiger charge is 2.19. The lowest BCUT2D eigenvalue weighted by Gasteiger charge is -2.03. The van der Waals surface area contributed by atoms with Crippen LogP contribution in [0.1, 0.15) is 6.42 Å². The molecule has 0 rings (SSSR count). The maximum atomic E-state index is 11.5. The molecule has 0 unspecified atom stereocenters. The minimum atomic E-state index is -2.73. The van der Waals surface area contributed by atoms with E-state index in [0.717, 1.165) is 0 Å². The van der Waals surface area contributed by atoms with Crippen LogP contribution in [0.25, 0.3) is 0 Å². The van der Waals surface area contributed by atoms with E-state index in [1.807, 2.05) is 0 Å². The molecule has 0 bridgehead atoms. The van der Waals surface area contributed by atoms with E-state index in [9.17, 15) is 17.7 Å².